The number of rotatable bonds is 2. The third kappa shape index (κ3) is 3.24. The summed E-state index contributed by atoms with van der Waals surface area (Å²) >= 11 is 0. The summed E-state index contributed by atoms with van der Waals surface area (Å²) in [5.41, 5.74) is 0. The number of hydrogen-bond donors (Lipinski definition) is 1. The van der Waals surface area contributed by atoms with Gasteiger partial charge in [0.2, 0.25) is 17.5 Å². The van der Waals surface area contributed by atoms with E-state index in [4.69, 9.17) is 0 Å². The van der Waals surface area contributed by atoms with Crippen molar-refractivity contribution in [2.45, 2.75) is 26.7 Å². The standard InChI is InChI=1S/C13H22N4.HI/c1-10-6-5-7-17(9-10)13-8-12(14-3)16(4)11(2)15-13;/h8,10H,5-7,9H2,1-4H3;1H. The molecule has 0 saturated carbocycles. The van der Waals surface area contributed by atoms with Gasteiger partial charge in [-0.1, -0.05) is 11.9 Å². The van der Waals surface area contributed by atoms with Crippen LogP contribution < -0.4 is 38.8 Å². The second kappa shape index (κ2) is 6.54. The largest absolute Gasteiger partial charge is 1.00 e. The molecule has 102 valence electrons. The Labute approximate surface area is 127 Å². The molecule has 1 aliphatic heterocycles. The van der Waals surface area contributed by atoms with Crippen molar-refractivity contribution < 1.29 is 28.5 Å². The van der Waals surface area contributed by atoms with E-state index in [1.165, 1.54) is 12.8 Å². The van der Waals surface area contributed by atoms with Gasteiger partial charge in [0, 0.05) is 27.1 Å². The minimum atomic E-state index is 0. The summed E-state index contributed by atoms with van der Waals surface area (Å²) in [6.07, 6.45) is 2.62. The Morgan fingerprint density at radius 2 is 2.22 bits per heavy atom. The molecule has 0 amide bonds. The fraction of sp³-hybridized carbons (Fsp3) is 0.692. The lowest BCUT2D eigenvalue weighted by atomic mass is 10.0. The van der Waals surface area contributed by atoms with Crippen molar-refractivity contribution >= 4 is 11.6 Å². The summed E-state index contributed by atoms with van der Waals surface area (Å²) in [6, 6.07) is 2.14. The molecular formula is C13H23IN4. The average molecular weight is 362 g/mol. The first-order chi connectivity index (χ1) is 8.11. The summed E-state index contributed by atoms with van der Waals surface area (Å²) < 4.78 is 2.08. The van der Waals surface area contributed by atoms with Gasteiger partial charge in [0.25, 0.3) is 0 Å². The SMILES string of the molecule is CNc1cc(N2CCCC(C)C2)nc(C)[n+]1C.[I-]. The van der Waals surface area contributed by atoms with Gasteiger partial charge in [-0.15, -0.1) is 0 Å². The van der Waals surface area contributed by atoms with Crippen LogP contribution >= 0.6 is 0 Å². The minimum absolute atomic E-state index is 0. The number of nitrogens with one attached hydrogen (secondary N) is 1. The van der Waals surface area contributed by atoms with Gasteiger partial charge >= 0.3 is 0 Å². The molecular weight excluding hydrogens is 339 g/mol. The zero-order valence-corrected chi connectivity index (χ0v) is 13.9. The summed E-state index contributed by atoms with van der Waals surface area (Å²) in [7, 11) is 3.99. The third-order valence-electron chi connectivity index (χ3n) is 3.63. The Kier molecular flexibility index (Phi) is 5.62. The van der Waals surface area contributed by atoms with Crippen LogP contribution in [-0.2, 0) is 7.05 Å². The second-order valence-electron chi connectivity index (χ2n) is 5.05. The van der Waals surface area contributed by atoms with Gasteiger partial charge in [0.1, 0.15) is 0 Å². The summed E-state index contributed by atoms with van der Waals surface area (Å²) in [5, 5.41) is 3.22. The minimum Gasteiger partial charge on any atom is -1.00 e. The van der Waals surface area contributed by atoms with E-state index in [0.717, 1.165) is 36.5 Å². The van der Waals surface area contributed by atoms with Crippen molar-refractivity contribution in [2.75, 3.05) is 30.4 Å². The molecule has 1 aromatic rings. The van der Waals surface area contributed by atoms with Gasteiger partial charge in [-0.2, -0.15) is 0 Å². The molecule has 2 heterocycles. The third-order valence-corrected chi connectivity index (χ3v) is 3.63. The van der Waals surface area contributed by atoms with Gasteiger partial charge in [0.05, 0.1) is 13.1 Å². The fourth-order valence-electron chi connectivity index (χ4n) is 2.47. The van der Waals surface area contributed by atoms with Crippen LogP contribution in [0.15, 0.2) is 6.07 Å². The Bertz CT molecular complexity index is 408. The summed E-state index contributed by atoms with van der Waals surface area (Å²) in [6.45, 7) is 6.63. The molecule has 1 saturated heterocycles. The molecule has 4 nitrogen and oxygen atoms in total. The highest BCUT2D eigenvalue weighted by atomic mass is 127. The van der Waals surface area contributed by atoms with Crippen LogP contribution in [0.4, 0.5) is 11.6 Å². The molecule has 1 N–H and O–H groups in total. The topological polar surface area (TPSA) is 32.0 Å². The highest BCUT2D eigenvalue weighted by molar-refractivity contribution is 5.46. The van der Waals surface area contributed by atoms with Gasteiger partial charge < -0.3 is 34.2 Å². The number of hydrogen-bond acceptors (Lipinski definition) is 3. The maximum atomic E-state index is 4.69. The molecule has 0 radical (unpaired) electrons. The van der Waals surface area contributed by atoms with Crippen LogP contribution in [0.2, 0.25) is 0 Å². The van der Waals surface area contributed by atoms with E-state index in [1.807, 2.05) is 14.1 Å². The van der Waals surface area contributed by atoms with Crippen molar-refractivity contribution in [3.8, 4) is 0 Å². The van der Waals surface area contributed by atoms with E-state index in [9.17, 15) is 0 Å². The molecule has 1 atom stereocenters. The van der Waals surface area contributed by atoms with Gasteiger partial charge in [-0.25, -0.2) is 4.57 Å². The lowest BCUT2D eigenvalue weighted by Gasteiger charge is -2.30. The fourth-order valence-corrected chi connectivity index (χ4v) is 2.47. The zero-order chi connectivity index (χ0) is 12.4. The summed E-state index contributed by atoms with van der Waals surface area (Å²) in [5.74, 6) is 4.05. The van der Waals surface area contributed by atoms with Crippen LogP contribution in [0.1, 0.15) is 25.6 Å². The van der Waals surface area contributed by atoms with Gasteiger partial charge in [0.15, 0.2) is 0 Å². The van der Waals surface area contributed by atoms with E-state index >= 15 is 0 Å². The first-order valence-corrected chi connectivity index (χ1v) is 6.42. The van der Waals surface area contributed by atoms with Crippen molar-refractivity contribution in [1.29, 1.82) is 0 Å². The predicted octanol–water partition coefficient (Wildman–Crippen LogP) is -1.50. The highest BCUT2D eigenvalue weighted by Gasteiger charge is 2.21. The van der Waals surface area contributed by atoms with E-state index < -0.39 is 0 Å². The number of anilines is 2. The van der Waals surface area contributed by atoms with Crippen LogP contribution in [0, 0.1) is 12.8 Å². The van der Waals surface area contributed by atoms with Crippen LogP contribution in [0.5, 0.6) is 0 Å². The maximum absolute atomic E-state index is 4.69. The molecule has 1 unspecified atom stereocenters. The van der Waals surface area contributed by atoms with E-state index in [2.05, 4.69) is 39.7 Å². The van der Waals surface area contributed by atoms with Crippen molar-refractivity contribution in [3.05, 3.63) is 11.9 Å². The molecule has 2 rings (SSSR count). The number of aromatic nitrogens is 2. The first kappa shape index (κ1) is 15.5. The number of aryl methyl sites for hydroxylation is 1. The van der Waals surface area contributed by atoms with Crippen LogP contribution in [0.25, 0.3) is 0 Å². The lowest BCUT2D eigenvalue weighted by Crippen LogP contribution is -3.00. The first-order valence-electron chi connectivity index (χ1n) is 6.42. The van der Waals surface area contributed by atoms with Crippen LogP contribution in [0.3, 0.4) is 0 Å². The highest BCUT2D eigenvalue weighted by Crippen LogP contribution is 2.22. The van der Waals surface area contributed by atoms with E-state index in [-0.39, 0.29) is 24.0 Å². The number of piperidine rings is 1. The number of halogens is 1. The van der Waals surface area contributed by atoms with E-state index in [1.54, 1.807) is 0 Å². The Balaban J connectivity index is 0.00000162. The zero-order valence-electron chi connectivity index (χ0n) is 11.7. The van der Waals surface area contributed by atoms with Crippen LogP contribution in [-0.4, -0.2) is 25.1 Å². The van der Waals surface area contributed by atoms with Gasteiger partial charge in [-0.3, -0.25) is 0 Å². The number of nitrogens with zero attached hydrogens (tertiary/aromatic N) is 3. The van der Waals surface area contributed by atoms with E-state index in [0.29, 0.717) is 0 Å². The normalized spacial score (nSPS) is 19.3. The molecule has 1 aliphatic rings. The molecule has 18 heavy (non-hydrogen) atoms. The smallest absolute Gasteiger partial charge is 0.237 e. The van der Waals surface area contributed by atoms with Crippen molar-refractivity contribution in [3.63, 3.8) is 0 Å². The average Bonchev–Trinajstić information content (AvgIpc) is 2.32. The van der Waals surface area contributed by atoms with Gasteiger partial charge in [-0.05, 0) is 18.8 Å². The summed E-state index contributed by atoms with van der Waals surface area (Å²) in [4.78, 5) is 7.09. The quantitative estimate of drug-likeness (QED) is 0.513. The molecule has 1 fully saturated rings. The monoisotopic (exact) mass is 362 g/mol. The Hall–Kier alpha value is -0.590. The lowest BCUT2D eigenvalue weighted by molar-refractivity contribution is -0.666. The Morgan fingerprint density at radius 3 is 2.83 bits per heavy atom. The predicted molar refractivity (Wildman–Crippen MR) is 70.3 cm³/mol. The Morgan fingerprint density at radius 1 is 1.50 bits per heavy atom. The van der Waals surface area contributed by atoms with Crippen molar-refractivity contribution in [2.24, 2.45) is 13.0 Å². The molecule has 0 aliphatic carbocycles. The molecule has 0 aromatic carbocycles. The molecule has 5 heteroatoms. The molecule has 0 bridgehead atoms. The maximum Gasteiger partial charge on any atom is 0.237 e. The molecule has 1 aromatic heterocycles. The molecule has 0 spiro atoms. The second-order valence-corrected chi connectivity index (χ2v) is 5.05. The van der Waals surface area contributed by atoms with Crippen molar-refractivity contribution in [1.82, 2.24) is 4.98 Å².